The van der Waals surface area contributed by atoms with E-state index in [0.717, 1.165) is 12.2 Å². The Labute approximate surface area is 94.4 Å². The van der Waals surface area contributed by atoms with Crippen LogP contribution in [0.2, 0.25) is 10.0 Å². The lowest BCUT2D eigenvalue weighted by Gasteiger charge is -2.11. The molecule has 78 valence electrons. The molecule has 0 saturated heterocycles. The molecule has 0 saturated carbocycles. The molecule has 14 heavy (non-hydrogen) atoms. The Kier molecular flexibility index (Phi) is 4.52. The number of nitrogens with two attached hydrogens (primary N) is 1. The lowest BCUT2D eigenvalue weighted by atomic mass is 10.2. The molecule has 1 unspecified atom stereocenters. The van der Waals surface area contributed by atoms with Gasteiger partial charge in [0.15, 0.2) is 0 Å². The highest BCUT2D eigenvalue weighted by Gasteiger charge is 2.00. The third kappa shape index (κ3) is 3.74. The van der Waals surface area contributed by atoms with E-state index in [-0.39, 0.29) is 0 Å². The molecule has 3 N–H and O–H groups in total. The minimum absolute atomic E-state index is 0.438. The van der Waals surface area contributed by atoms with Gasteiger partial charge in [-0.1, -0.05) is 30.1 Å². The van der Waals surface area contributed by atoms with Crippen molar-refractivity contribution in [1.29, 1.82) is 0 Å². The first-order valence-corrected chi connectivity index (χ1v) is 5.27. The second-order valence-corrected chi connectivity index (χ2v) is 4.25. The van der Waals surface area contributed by atoms with Gasteiger partial charge in [-0.25, -0.2) is 0 Å². The molecule has 0 aliphatic rings. The van der Waals surface area contributed by atoms with E-state index in [4.69, 9.17) is 28.9 Å². The van der Waals surface area contributed by atoms with E-state index in [1.807, 2.05) is 12.1 Å². The van der Waals surface area contributed by atoms with Crippen molar-refractivity contribution in [2.24, 2.45) is 11.7 Å². The summed E-state index contributed by atoms with van der Waals surface area (Å²) in [5.74, 6) is 0.438. The maximum absolute atomic E-state index is 5.85. The fourth-order valence-electron chi connectivity index (χ4n) is 1.03. The van der Waals surface area contributed by atoms with E-state index < -0.39 is 0 Å². The van der Waals surface area contributed by atoms with Crippen molar-refractivity contribution < 1.29 is 0 Å². The summed E-state index contributed by atoms with van der Waals surface area (Å²) in [5.41, 5.74) is 6.44. The molecule has 0 bridgehead atoms. The maximum Gasteiger partial charge on any atom is 0.0441 e. The summed E-state index contributed by atoms with van der Waals surface area (Å²) in [6, 6.07) is 5.40. The summed E-state index contributed by atoms with van der Waals surface area (Å²) in [6.07, 6.45) is 0. The Morgan fingerprint density at radius 2 is 1.86 bits per heavy atom. The Hall–Kier alpha value is -0.440. The number of halogens is 2. The minimum Gasteiger partial charge on any atom is -0.385 e. The van der Waals surface area contributed by atoms with Gasteiger partial charge >= 0.3 is 0 Å². The first-order valence-electron chi connectivity index (χ1n) is 4.52. The quantitative estimate of drug-likeness (QED) is 0.838. The van der Waals surface area contributed by atoms with E-state index in [2.05, 4.69) is 12.2 Å². The highest BCUT2D eigenvalue weighted by molar-refractivity contribution is 6.35. The zero-order chi connectivity index (χ0) is 10.6. The molecular weight excluding hydrogens is 219 g/mol. The third-order valence-corrected chi connectivity index (χ3v) is 2.36. The monoisotopic (exact) mass is 232 g/mol. The number of hydrogen-bond donors (Lipinski definition) is 2. The predicted octanol–water partition coefficient (Wildman–Crippen LogP) is 3.00. The molecule has 0 amide bonds. The summed E-state index contributed by atoms with van der Waals surface area (Å²) >= 11 is 11.7. The fourth-order valence-corrected chi connectivity index (χ4v) is 1.56. The van der Waals surface area contributed by atoms with E-state index in [9.17, 15) is 0 Å². The van der Waals surface area contributed by atoms with Crippen LogP contribution in [0.3, 0.4) is 0 Å². The second kappa shape index (κ2) is 5.44. The second-order valence-electron chi connectivity index (χ2n) is 3.38. The molecule has 2 nitrogen and oxygen atoms in total. The summed E-state index contributed by atoms with van der Waals surface area (Å²) in [4.78, 5) is 0. The number of rotatable bonds is 4. The molecule has 0 heterocycles. The SMILES string of the molecule is CC(CN)CNc1cc(Cl)cc(Cl)c1. The highest BCUT2D eigenvalue weighted by atomic mass is 35.5. The predicted molar refractivity (Wildman–Crippen MR) is 63.2 cm³/mol. The van der Waals surface area contributed by atoms with E-state index in [0.29, 0.717) is 22.5 Å². The van der Waals surface area contributed by atoms with Crippen molar-refractivity contribution in [2.45, 2.75) is 6.92 Å². The number of benzene rings is 1. The van der Waals surface area contributed by atoms with Crippen LogP contribution in [0.4, 0.5) is 5.69 Å². The lowest BCUT2D eigenvalue weighted by molar-refractivity contribution is 0.628. The third-order valence-electron chi connectivity index (χ3n) is 1.92. The van der Waals surface area contributed by atoms with Crippen molar-refractivity contribution in [1.82, 2.24) is 0 Å². The van der Waals surface area contributed by atoms with Gasteiger partial charge in [0.05, 0.1) is 0 Å². The van der Waals surface area contributed by atoms with Gasteiger partial charge in [-0.3, -0.25) is 0 Å². The summed E-state index contributed by atoms with van der Waals surface area (Å²) < 4.78 is 0. The maximum atomic E-state index is 5.85. The van der Waals surface area contributed by atoms with Crippen LogP contribution in [0.15, 0.2) is 18.2 Å². The molecule has 1 rings (SSSR count). The van der Waals surface area contributed by atoms with Crippen LogP contribution in [0, 0.1) is 5.92 Å². The van der Waals surface area contributed by atoms with Crippen LogP contribution in [0.5, 0.6) is 0 Å². The molecule has 0 aliphatic heterocycles. The lowest BCUT2D eigenvalue weighted by Crippen LogP contribution is -2.19. The summed E-state index contributed by atoms with van der Waals surface area (Å²) in [7, 11) is 0. The van der Waals surface area contributed by atoms with Gasteiger partial charge in [-0.15, -0.1) is 0 Å². The van der Waals surface area contributed by atoms with Gasteiger partial charge in [0.2, 0.25) is 0 Å². The summed E-state index contributed by atoms with van der Waals surface area (Å²) in [6.45, 7) is 3.58. The van der Waals surface area contributed by atoms with Crippen LogP contribution >= 0.6 is 23.2 Å². The topological polar surface area (TPSA) is 38.0 Å². The van der Waals surface area contributed by atoms with E-state index >= 15 is 0 Å². The summed E-state index contributed by atoms with van der Waals surface area (Å²) in [5, 5.41) is 4.51. The van der Waals surface area contributed by atoms with Gasteiger partial charge in [0, 0.05) is 22.3 Å². The molecule has 1 aromatic carbocycles. The van der Waals surface area contributed by atoms with Gasteiger partial charge in [0.1, 0.15) is 0 Å². The van der Waals surface area contributed by atoms with Crippen molar-refractivity contribution in [2.75, 3.05) is 18.4 Å². The normalized spacial score (nSPS) is 12.6. The first kappa shape index (κ1) is 11.6. The number of nitrogens with one attached hydrogen (secondary N) is 1. The number of anilines is 1. The Balaban J connectivity index is 2.58. The fraction of sp³-hybridized carbons (Fsp3) is 0.400. The van der Waals surface area contributed by atoms with Crippen LogP contribution in [0.25, 0.3) is 0 Å². The Bertz CT molecular complexity index is 282. The van der Waals surface area contributed by atoms with E-state index in [1.54, 1.807) is 6.07 Å². The average Bonchev–Trinajstić information content (AvgIpc) is 2.12. The zero-order valence-corrected chi connectivity index (χ0v) is 9.57. The smallest absolute Gasteiger partial charge is 0.0441 e. The number of hydrogen-bond acceptors (Lipinski definition) is 2. The molecule has 0 radical (unpaired) electrons. The standard InChI is InChI=1S/C10H14Cl2N2/c1-7(5-13)6-14-10-3-8(11)2-9(12)4-10/h2-4,7,14H,5-6,13H2,1H3. The van der Waals surface area contributed by atoms with E-state index in [1.165, 1.54) is 0 Å². The van der Waals surface area contributed by atoms with Crippen molar-refractivity contribution in [3.05, 3.63) is 28.2 Å². The van der Waals surface area contributed by atoms with Crippen molar-refractivity contribution in [3.63, 3.8) is 0 Å². The van der Waals surface area contributed by atoms with Gasteiger partial charge in [-0.05, 0) is 30.7 Å². The largest absolute Gasteiger partial charge is 0.385 e. The molecule has 0 aliphatic carbocycles. The van der Waals surface area contributed by atoms with Crippen molar-refractivity contribution >= 4 is 28.9 Å². The molecule has 0 aromatic heterocycles. The Morgan fingerprint density at radius 1 is 1.29 bits per heavy atom. The zero-order valence-electron chi connectivity index (χ0n) is 8.06. The minimum atomic E-state index is 0.438. The van der Waals surface area contributed by atoms with Crippen LogP contribution in [0.1, 0.15) is 6.92 Å². The van der Waals surface area contributed by atoms with Crippen LogP contribution in [-0.2, 0) is 0 Å². The van der Waals surface area contributed by atoms with Crippen LogP contribution < -0.4 is 11.1 Å². The molecule has 1 aromatic rings. The highest BCUT2D eigenvalue weighted by Crippen LogP contribution is 2.22. The average molecular weight is 233 g/mol. The van der Waals surface area contributed by atoms with Gasteiger partial charge in [0.25, 0.3) is 0 Å². The van der Waals surface area contributed by atoms with Gasteiger partial charge in [-0.2, -0.15) is 0 Å². The van der Waals surface area contributed by atoms with Gasteiger partial charge < -0.3 is 11.1 Å². The molecule has 1 atom stereocenters. The molecule has 0 spiro atoms. The molecular formula is C10H14Cl2N2. The molecule has 0 fully saturated rings. The van der Waals surface area contributed by atoms with Crippen molar-refractivity contribution in [3.8, 4) is 0 Å². The van der Waals surface area contributed by atoms with Crippen LogP contribution in [-0.4, -0.2) is 13.1 Å². The first-order chi connectivity index (χ1) is 6.61. The Morgan fingerprint density at radius 3 is 2.36 bits per heavy atom. The molecule has 4 heteroatoms.